The van der Waals surface area contributed by atoms with Crippen LogP contribution in [0, 0.1) is 11.8 Å². The summed E-state index contributed by atoms with van der Waals surface area (Å²) in [6, 6.07) is 0. The molecule has 3 N–H and O–H groups in total. The molecule has 17 nitrogen and oxygen atoms in total. The van der Waals surface area contributed by atoms with Crippen LogP contribution in [0.25, 0.3) is 0 Å². The molecule has 94 heavy (non-hydrogen) atoms. The third kappa shape index (κ3) is 67.3. The zero-order valence-electron chi connectivity index (χ0n) is 61.3. The molecule has 0 saturated heterocycles. The summed E-state index contributed by atoms with van der Waals surface area (Å²) in [5.74, 6) is -0.593. The van der Waals surface area contributed by atoms with Crippen molar-refractivity contribution in [2.45, 2.75) is 407 Å². The Kier molecular flexibility index (Phi) is 65.5. The normalized spacial score (nSPS) is 14.3. The van der Waals surface area contributed by atoms with Gasteiger partial charge in [0.05, 0.1) is 26.4 Å². The molecular weight excluding hydrogens is 1230 g/mol. The average molecular weight is 1380 g/mol. The number of ether oxygens (including phenoxy) is 4. The van der Waals surface area contributed by atoms with Crippen LogP contribution in [-0.2, 0) is 65.4 Å². The highest BCUT2D eigenvalue weighted by Crippen LogP contribution is 2.45. The Hall–Kier alpha value is -1.94. The van der Waals surface area contributed by atoms with E-state index in [2.05, 4.69) is 41.5 Å². The minimum Gasteiger partial charge on any atom is -0.462 e. The summed E-state index contributed by atoms with van der Waals surface area (Å²) >= 11 is 0. The van der Waals surface area contributed by atoms with Crippen molar-refractivity contribution in [3.63, 3.8) is 0 Å². The number of esters is 4. The van der Waals surface area contributed by atoms with Crippen LogP contribution in [0.15, 0.2) is 0 Å². The first-order valence-corrected chi connectivity index (χ1v) is 42.0. The molecule has 0 aromatic heterocycles. The van der Waals surface area contributed by atoms with Crippen molar-refractivity contribution in [3.8, 4) is 0 Å². The second-order valence-corrected chi connectivity index (χ2v) is 30.7. The summed E-state index contributed by atoms with van der Waals surface area (Å²) in [5.41, 5.74) is 0. The number of aliphatic hydroxyl groups excluding tert-OH is 1. The molecule has 0 rings (SSSR count). The van der Waals surface area contributed by atoms with Gasteiger partial charge in [-0.3, -0.25) is 37.3 Å². The molecule has 19 heteroatoms. The summed E-state index contributed by atoms with van der Waals surface area (Å²) < 4.78 is 68.4. The van der Waals surface area contributed by atoms with E-state index >= 15 is 0 Å². The second kappa shape index (κ2) is 66.9. The van der Waals surface area contributed by atoms with Gasteiger partial charge in [-0.1, -0.05) is 337 Å². The van der Waals surface area contributed by atoms with E-state index in [9.17, 15) is 43.2 Å². The third-order valence-electron chi connectivity index (χ3n) is 17.8. The highest BCUT2D eigenvalue weighted by atomic mass is 31.2. The summed E-state index contributed by atoms with van der Waals surface area (Å²) in [7, 11) is -9.91. The Morgan fingerprint density at radius 3 is 0.809 bits per heavy atom. The van der Waals surface area contributed by atoms with E-state index in [1.54, 1.807) is 0 Å². The lowest BCUT2D eigenvalue weighted by atomic mass is 9.99. The molecule has 3 unspecified atom stereocenters. The van der Waals surface area contributed by atoms with E-state index in [0.29, 0.717) is 31.6 Å². The van der Waals surface area contributed by atoms with Gasteiger partial charge in [-0.2, -0.15) is 0 Å². The molecule has 0 aromatic carbocycles. The van der Waals surface area contributed by atoms with E-state index < -0.39 is 97.5 Å². The molecule has 0 saturated carbocycles. The lowest BCUT2D eigenvalue weighted by Crippen LogP contribution is -2.30. The van der Waals surface area contributed by atoms with E-state index in [4.69, 9.17) is 37.0 Å². The van der Waals surface area contributed by atoms with Crippen LogP contribution in [0.5, 0.6) is 0 Å². The molecule has 558 valence electrons. The molecular formula is C75H146O17P2. The minimum atomic E-state index is -4.96. The maximum Gasteiger partial charge on any atom is 0.472 e. The van der Waals surface area contributed by atoms with Crippen LogP contribution in [0.3, 0.4) is 0 Å². The minimum absolute atomic E-state index is 0.105. The fraction of sp³-hybridized carbons (Fsp3) is 0.947. The Morgan fingerprint density at radius 1 is 0.309 bits per heavy atom. The van der Waals surface area contributed by atoms with Gasteiger partial charge in [0.2, 0.25) is 0 Å². The van der Waals surface area contributed by atoms with Crippen molar-refractivity contribution >= 4 is 39.5 Å². The van der Waals surface area contributed by atoms with Crippen molar-refractivity contribution in [3.05, 3.63) is 0 Å². The number of hydrogen-bond donors (Lipinski definition) is 3. The van der Waals surface area contributed by atoms with Gasteiger partial charge in [0.1, 0.15) is 19.3 Å². The standard InChI is InChI=1S/C75H146O17P2/c1-7-10-12-14-16-18-20-21-22-23-24-28-31-35-38-45-51-57-72(77)85-63-70(91-75(80)60-54-48-40-36-32-29-26-25-27-30-33-37-44-50-56-68(6)9-3)65-89-93(81,82)87-61-69(76)62-88-94(83,84)90-66-71(64-86-73(78)58-52-46-42-41-43-49-55-67(4)5)92-74(79)59-53-47-39-34-19-17-15-13-11-8-2/h67-71,76H,7-66H2,1-6H3,(H,81,82)(H,83,84)/t68?,69-,70-,71-/m1/s1. The van der Waals surface area contributed by atoms with E-state index in [0.717, 1.165) is 102 Å². The topological polar surface area (TPSA) is 237 Å². The molecule has 6 atom stereocenters. The van der Waals surface area contributed by atoms with Crippen LogP contribution in [0.4, 0.5) is 0 Å². The SMILES string of the molecule is CCCCCCCCCCCCCCCCCCCC(=O)OC[C@H](COP(=O)(O)OC[C@@H](O)COP(=O)(O)OC[C@@H](COC(=O)CCCCCCCCC(C)C)OC(=O)CCCCCCCCCCCC)OC(=O)CCCCCCCCCCCCCCCCC(C)CC. The predicted octanol–water partition coefficient (Wildman–Crippen LogP) is 21.9. The second-order valence-electron chi connectivity index (χ2n) is 27.8. The maximum absolute atomic E-state index is 13.1. The van der Waals surface area contributed by atoms with Crippen molar-refractivity contribution in [2.24, 2.45) is 11.8 Å². The van der Waals surface area contributed by atoms with Gasteiger partial charge in [-0.05, 0) is 37.5 Å². The first kappa shape index (κ1) is 92.1. The van der Waals surface area contributed by atoms with Crippen LogP contribution in [0.2, 0.25) is 0 Å². The quantitative estimate of drug-likeness (QED) is 0.0222. The van der Waals surface area contributed by atoms with E-state index in [1.807, 2.05) is 0 Å². The van der Waals surface area contributed by atoms with Crippen molar-refractivity contribution < 1.29 is 80.2 Å². The van der Waals surface area contributed by atoms with Crippen LogP contribution in [0.1, 0.15) is 388 Å². The van der Waals surface area contributed by atoms with Crippen LogP contribution in [-0.4, -0.2) is 96.7 Å². The fourth-order valence-corrected chi connectivity index (χ4v) is 13.0. The Balaban J connectivity index is 5.21. The molecule has 0 heterocycles. The smallest absolute Gasteiger partial charge is 0.462 e. The molecule has 0 bridgehead atoms. The first-order valence-electron chi connectivity index (χ1n) is 39.0. The molecule has 0 fully saturated rings. The molecule has 0 aliphatic heterocycles. The highest BCUT2D eigenvalue weighted by molar-refractivity contribution is 7.47. The maximum atomic E-state index is 13.1. The van der Waals surface area contributed by atoms with E-state index in [1.165, 1.54) is 199 Å². The number of aliphatic hydroxyl groups is 1. The summed E-state index contributed by atoms with van der Waals surface area (Å²) in [6.45, 7) is 9.55. The Morgan fingerprint density at radius 2 is 0.543 bits per heavy atom. The van der Waals surface area contributed by atoms with Crippen LogP contribution >= 0.6 is 15.6 Å². The van der Waals surface area contributed by atoms with Crippen molar-refractivity contribution in [2.75, 3.05) is 39.6 Å². The summed E-state index contributed by atoms with van der Waals surface area (Å²) in [4.78, 5) is 72.7. The van der Waals surface area contributed by atoms with Gasteiger partial charge >= 0.3 is 39.5 Å². The van der Waals surface area contributed by atoms with Gasteiger partial charge in [0.25, 0.3) is 0 Å². The number of unbranched alkanes of at least 4 members (excludes halogenated alkanes) is 43. The molecule has 0 aliphatic carbocycles. The molecule has 0 aliphatic rings. The zero-order chi connectivity index (χ0) is 69.3. The predicted molar refractivity (Wildman–Crippen MR) is 381 cm³/mol. The molecule has 0 amide bonds. The largest absolute Gasteiger partial charge is 0.472 e. The lowest BCUT2D eigenvalue weighted by molar-refractivity contribution is -0.161. The fourth-order valence-electron chi connectivity index (χ4n) is 11.4. The lowest BCUT2D eigenvalue weighted by Gasteiger charge is -2.21. The average Bonchev–Trinajstić information content (AvgIpc) is 2.55. The van der Waals surface area contributed by atoms with Crippen molar-refractivity contribution in [1.82, 2.24) is 0 Å². The number of phosphoric acid groups is 2. The number of carbonyl (C=O) groups excluding carboxylic acids is 4. The van der Waals surface area contributed by atoms with Gasteiger partial charge < -0.3 is 33.8 Å². The molecule has 0 radical (unpaired) electrons. The van der Waals surface area contributed by atoms with Crippen LogP contribution < -0.4 is 0 Å². The Labute approximate surface area is 575 Å². The highest BCUT2D eigenvalue weighted by Gasteiger charge is 2.30. The third-order valence-corrected chi connectivity index (χ3v) is 19.7. The number of phosphoric ester groups is 2. The summed E-state index contributed by atoms with van der Waals surface area (Å²) in [5, 5.41) is 10.6. The number of hydrogen-bond acceptors (Lipinski definition) is 15. The Bertz CT molecular complexity index is 1820. The zero-order valence-corrected chi connectivity index (χ0v) is 63.1. The first-order chi connectivity index (χ1) is 45.4. The number of rotatable bonds is 74. The molecule has 0 aromatic rings. The monoisotopic (exact) mass is 1380 g/mol. The van der Waals surface area contributed by atoms with Gasteiger partial charge in [-0.25, -0.2) is 9.13 Å². The molecule has 0 spiro atoms. The van der Waals surface area contributed by atoms with Gasteiger partial charge in [0, 0.05) is 25.7 Å². The van der Waals surface area contributed by atoms with Crippen molar-refractivity contribution in [1.29, 1.82) is 0 Å². The number of carbonyl (C=O) groups is 4. The van der Waals surface area contributed by atoms with Gasteiger partial charge in [-0.15, -0.1) is 0 Å². The van der Waals surface area contributed by atoms with E-state index in [-0.39, 0.29) is 25.7 Å². The summed E-state index contributed by atoms with van der Waals surface area (Å²) in [6.07, 6.45) is 54.2. The van der Waals surface area contributed by atoms with Gasteiger partial charge in [0.15, 0.2) is 12.2 Å².